The molecule has 3 aromatic carbocycles. The van der Waals surface area contributed by atoms with Crippen molar-refractivity contribution < 1.29 is 19.1 Å². The van der Waals surface area contributed by atoms with Crippen molar-refractivity contribution in [1.29, 1.82) is 0 Å². The van der Waals surface area contributed by atoms with Crippen LogP contribution in [0.25, 0.3) is 22.2 Å². The number of para-hydroxylation sites is 1. The number of carbonyl (C=O) groups excluding carboxylic acids is 2. The van der Waals surface area contributed by atoms with Crippen molar-refractivity contribution in [2.75, 3.05) is 45.5 Å². The van der Waals surface area contributed by atoms with Crippen LogP contribution in [0.15, 0.2) is 90.4 Å². The van der Waals surface area contributed by atoms with Gasteiger partial charge < -0.3 is 25.0 Å². The summed E-state index contributed by atoms with van der Waals surface area (Å²) in [6.07, 6.45) is 6.73. The second kappa shape index (κ2) is 17.4. The van der Waals surface area contributed by atoms with Crippen molar-refractivity contribution in [3.63, 3.8) is 0 Å². The van der Waals surface area contributed by atoms with Crippen molar-refractivity contribution in [3.05, 3.63) is 123 Å². The smallest absolute Gasteiger partial charge is 0.260 e. The molecule has 0 atom stereocenters. The first kappa shape index (κ1) is 38.7. The number of rotatable bonds is 15. The fraction of sp³-hybridized carbons (Fsp3) is 0.225. The average molecular weight is 756 g/mol. The van der Waals surface area contributed by atoms with Gasteiger partial charge in [-0.25, -0.2) is 4.98 Å². The van der Waals surface area contributed by atoms with Crippen LogP contribution in [0.3, 0.4) is 0 Å². The van der Waals surface area contributed by atoms with E-state index in [1.165, 1.54) is 26.4 Å². The van der Waals surface area contributed by atoms with Crippen molar-refractivity contribution in [2.24, 2.45) is 0 Å². The summed E-state index contributed by atoms with van der Waals surface area (Å²) < 4.78 is 12.5. The summed E-state index contributed by atoms with van der Waals surface area (Å²) in [6, 6.07) is 16.3. The van der Waals surface area contributed by atoms with Crippen LogP contribution in [-0.2, 0) is 29.0 Å². The van der Waals surface area contributed by atoms with E-state index in [2.05, 4.69) is 22.2 Å². The number of hydrogen-bond donors (Lipinski definition) is 2. The van der Waals surface area contributed by atoms with Gasteiger partial charge in [0.25, 0.3) is 5.56 Å². The maximum Gasteiger partial charge on any atom is 0.260 e. The monoisotopic (exact) mass is 754 g/mol. The minimum Gasteiger partial charge on any atom is -0.495 e. The first-order valence-electron chi connectivity index (χ1n) is 16.7. The Morgan fingerprint density at radius 1 is 1.02 bits per heavy atom. The normalized spacial score (nSPS) is 11.2. The van der Waals surface area contributed by atoms with Gasteiger partial charge in [0.1, 0.15) is 17.1 Å². The molecule has 0 radical (unpaired) electrons. The molecule has 0 saturated carbocycles. The molecule has 53 heavy (non-hydrogen) atoms. The first-order chi connectivity index (χ1) is 25.4. The highest BCUT2D eigenvalue weighted by molar-refractivity contribution is 6.41. The largest absolute Gasteiger partial charge is 0.495 e. The minimum atomic E-state index is -0.412. The molecule has 0 aliphatic rings. The molecule has 2 N–H and O–H groups in total. The number of carbonyl (C=O) groups is 2. The number of likely N-dealkylation sites (N-methyl/N-ethyl adjacent to an activating group) is 1. The zero-order valence-electron chi connectivity index (χ0n) is 30.1. The second-order valence-corrected chi connectivity index (χ2v) is 13.2. The van der Waals surface area contributed by atoms with E-state index in [0.717, 1.165) is 16.7 Å². The molecule has 274 valence electrons. The Kier molecular flexibility index (Phi) is 12.7. The number of aromatic nitrogens is 3. The van der Waals surface area contributed by atoms with E-state index in [4.69, 9.17) is 37.7 Å². The van der Waals surface area contributed by atoms with Crippen molar-refractivity contribution in [1.82, 2.24) is 19.4 Å². The highest BCUT2D eigenvalue weighted by Crippen LogP contribution is 2.45. The molecule has 0 saturated heterocycles. The van der Waals surface area contributed by atoms with Gasteiger partial charge in [-0.1, -0.05) is 66.2 Å². The predicted molar refractivity (Wildman–Crippen MR) is 212 cm³/mol. The number of benzene rings is 3. The number of ketones is 1. The molecule has 0 aliphatic heterocycles. The number of pyridine rings is 1. The summed E-state index contributed by atoms with van der Waals surface area (Å²) in [5.41, 5.74) is 4.19. The summed E-state index contributed by atoms with van der Waals surface area (Å²) in [5.74, 6) is 0.415. The van der Waals surface area contributed by atoms with Crippen LogP contribution < -0.4 is 25.7 Å². The lowest BCUT2D eigenvalue weighted by Gasteiger charge is -2.18. The van der Waals surface area contributed by atoms with Crippen LogP contribution in [-0.4, -0.2) is 66.0 Å². The minimum absolute atomic E-state index is 0.129. The molecule has 0 fully saturated rings. The third kappa shape index (κ3) is 9.12. The first-order valence-corrected chi connectivity index (χ1v) is 17.4. The number of fused-ring (bicyclic) bond motifs is 1. The summed E-state index contributed by atoms with van der Waals surface area (Å²) in [6.45, 7) is 6.34. The number of anilines is 3. The summed E-state index contributed by atoms with van der Waals surface area (Å²) in [4.78, 5) is 50.7. The number of ether oxygens (including phenoxy) is 2. The van der Waals surface area contributed by atoms with Gasteiger partial charge in [-0.05, 0) is 68.4 Å². The van der Waals surface area contributed by atoms with Gasteiger partial charge in [0.2, 0.25) is 11.9 Å². The lowest BCUT2D eigenvalue weighted by molar-refractivity contribution is -0.114. The second-order valence-electron chi connectivity index (χ2n) is 12.5. The number of nitrogens with zero attached hydrogens (tertiary/aromatic N) is 4. The van der Waals surface area contributed by atoms with Gasteiger partial charge in [-0.15, -0.1) is 0 Å². The molecule has 5 aromatic rings. The topological polar surface area (TPSA) is 128 Å². The van der Waals surface area contributed by atoms with E-state index in [9.17, 15) is 14.4 Å². The van der Waals surface area contributed by atoms with Gasteiger partial charge in [0.05, 0.1) is 29.8 Å². The molecule has 5 rings (SSSR count). The highest BCUT2D eigenvalue weighted by atomic mass is 35.5. The van der Waals surface area contributed by atoms with Crippen LogP contribution in [0.5, 0.6) is 11.5 Å². The molecule has 2 heterocycles. The lowest BCUT2D eigenvalue weighted by Crippen LogP contribution is -2.24. The Morgan fingerprint density at radius 2 is 1.74 bits per heavy atom. The van der Waals surface area contributed by atoms with Crippen molar-refractivity contribution in [3.8, 4) is 22.6 Å². The number of methoxy groups -OCH3 is 2. The third-order valence-electron chi connectivity index (χ3n) is 8.42. The van der Waals surface area contributed by atoms with Crippen LogP contribution in [0.1, 0.15) is 16.7 Å². The molecule has 0 aliphatic carbocycles. The van der Waals surface area contributed by atoms with E-state index < -0.39 is 5.56 Å². The molecule has 0 unspecified atom stereocenters. The lowest BCUT2D eigenvalue weighted by atomic mass is 10.0. The maximum atomic E-state index is 14.6. The van der Waals surface area contributed by atoms with Gasteiger partial charge in [0.15, 0.2) is 5.78 Å². The molecule has 0 spiro atoms. The summed E-state index contributed by atoms with van der Waals surface area (Å²) in [7, 11) is 6.77. The van der Waals surface area contributed by atoms with Crippen LogP contribution >= 0.6 is 23.2 Å². The van der Waals surface area contributed by atoms with Crippen LogP contribution in [0, 0.1) is 6.92 Å². The average Bonchev–Trinajstić information content (AvgIpc) is 3.13. The quantitative estimate of drug-likeness (QED) is 0.105. The van der Waals surface area contributed by atoms with E-state index in [-0.39, 0.29) is 63.3 Å². The number of amides is 1. The molecule has 0 bridgehead atoms. The van der Waals surface area contributed by atoms with Gasteiger partial charge in [0, 0.05) is 60.2 Å². The molecule has 11 nitrogen and oxygen atoms in total. The SMILES string of the molecule is C=CC(=O)Cc1cccc(C)c1Nc1ncc2cc(-c3c(Cl)c(OC)cc(OC)c3Cl)c(=O)n(CCc3cccc(NC(=O)/C=C/CN(C)C)c3)c2n1. The van der Waals surface area contributed by atoms with E-state index >= 15 is 0 Å². The number of nitrogens with one attached hydrogen (secondary N) is 2. The highest BCUT2D eigenvalue weighted by Gasteiger charge is 2.23. The van der Waals surface area contributed by atoms with E-state index in [1.54, 1.807) is 35.0 Å². The van der Waals surface area contributed by atoms with E-state index in [0.29, 0.717) is 35.4 Å². The number of aryl methyl sites for hydroxylation is 3. The molecule has 13 heteroatoms. The number of allylic oxidation sites excluding steroid dienone is 1. The summed E-state index contributed by atoms with van der Waals surface area (Å²) in [5, 5.41) is 6.99. The summed E-state index contributed by atoms with van der Waals surface area (Å²) >= 11 is 13.6. The molecule has 1 amide bonds. The Morgan fingerprint density at radius 3 is 2.42 bits per heavy atom. The zero-order chi connectivity index (χ0) is 38.2. The van der Waals surface area contributed by atoms with Gasteiger partial charge >= 0.3 is 0 Å². The Labute approximate surface area is 317 Å². The van der Waals surface area contributed by atoms with Crippen LogP contribution in [0.2, 0.25) is 10.0 Å². The standard InChI is InChI=1S/C40H40Cl2N6O5/c1-7-29(49)20-26-13-8-11-24(2)37(26)45-40-43-23-27-21-30(34-35(41)31(52-5)22-32(53-6)36(34)42)39(51)48(38(27)46-40)18-16-25-12-9-14-28(19-25)44-33(50)15-10-17-47(3)4/h7-15,19,21-23H,1,16-18,20H2,2-6H3,(H,44,50)(H,43,45,46)/b15-10+. The van der Waals surface area contributed by atoms with Gasteiger partial charge in [-0.2, -0.15) is 4.98 Å². The number of hydrogen-bond acceptors (Lipinski definition) is 9. The van der Waals surface area contributed by atoms with Gasteiger partial charge in [-0.3, -0.25) is 19.0 Å². The fourth-order valence-electron chi connectivity index (χ4n) is 5.75. The Balaban J connectivity index is 1.60. The van der Waals surface area contributed by atoms with E-state index in [1.807, 2.05) is 62.3 Å². The van der Waals surface area contributed by atoms with Crippen LogP contribution in [0.4, 0.5) is 17.3 Å². The third-order valence-corrected chi connectivity index (χ3v) is 9.17. The number of halogens is 2. The fourth-order valence-corrected chi connectivity index (χ4v) is 6.46. The zero-order valence-corrected chi connectivity index (χ0v) is 31.6. The Bertz CT molecular complexity index is 2260. The predicted octanol–water partition coefficient (Wildman–Crippen LogP) is 7.43. The Hall–Kier alpha value is -5.49. The van der Waals surface area contributed by atoms with Crippen molar-refractivity contribution >= 4 is 63.2 Å². The maximum absolute atomic E-state index is 14.6. The molecule has 2 aromatic heterocycles. The van der Waals surface area contributed by atoms with Crippen molar-refractivity contribution in [2.45, 2.75) is 26.3 Å². The molecular weight excluding hydrogens is 715 g/mol. The molecular formula is C40H40Cl2N6O5.